The van der Waals surface area contributed by atoms with E-state index < -0.39 is 0 Å². The Morgan fingerprint density at radius 1 is 0.395 bits per heavy atom. The molecule has 198 valence electrons. The molecule has 0 amide bonds. The van der Waals surface area contributed by atoms with E-state index in [2.05, 4.69) is 108 Å². The number of hydrogen-bond donors (Lipinski definition) is 0. The topological polar surface area (TPSA) is 30.7 Å². The SMILES string of the molecule is c1ccc2c(c1)oc1cc3cc4c(cc3cc12)c1cccc2c3cc(-c5cccc6c5oc5ccccc56)ccc3n4c21. The Morgan fingerprint density at radius 3 is 1.91 bits per heavy atom. The fourth-order valence-electron chi connectivity index (χ4n) is 7.59. The second kappa shape index (κ2) is 7.53. The van der Waals surface area contributed by atoms with E-state index in [1.807, 2.05) is 24.3 Å². The number of fused-ring (bicyclic) bond motifs is 13. The van der Waals surface area contributed by atoms with Crippen molar-refractivity contribution in [2.75, 3.05) is 0 Å². The van der Waals surface area contributed by atoms with Crippen LogP contribution in [0.1, 0.15) is 0 Å². The number of para-hydroxylation sites is 4. The first kappa shape index (κ1) is 21.9. The van der Waals surface area contributed by atoms with Gasteiger partial charge in [0.05, 0.1) is 16.6 Å². The third-order valence-electron chi connectivity index (χ3n) is 9.48. The maximum Gasteiger partial charge on any atom is 0.143 e. The molecule has 4 aromatic heterocycles. The maximum absolute atomic E-state index is 6.40. The van der Waals surface area contributed by atoms with Gasteiger partial charge < -0.3 is 13.2 Å². The fourth-order valence-corrected chi connectivity index (χ4v) is 7.59. The molecule has 0 saturated carbocycles. The van der Waals surface area contributed by atoms with Gasteiger partial charge in [0.2, 0.25) is 0 Å². The lowest BCUT2D eigenvalue weighted by molar-refractivity contribution is 0.669. The van der Waals surface area contributed by atoms with Crippen molar-refractivity contribution in [3.63, 3.8) is 0 Å². The molecule has 0 aliphatic carbocycles. The zero-order valence-electron chi connectivity index (χ0n) is 22.9. The summed E-state index contributed by atoms with van der Waals surface area (Å²) in [6.45, 7) is 0. The van der Waals surface area contributed by atoms with Crippen LogP contribution in [0, 0.1) is 0 Å². The van der Waals surface area contributed by atoms with E-state index in [1.165, 1.54) is 48.9 Å². The van der Waals surface area contributed by atoms with Gasteiger partial charge in [-0.15, -0.1) is 0 Å². The summed E-state index contributed by atoms with van der Waals surface area (Å²) in [4.78, 5) is 0. The van der Waals surface area contributed by atoms with Gasteiger partial charge in [-0.2, -0.15) is 0 Å². The van der Waals surface area contributed by atoms with Crippen LogP contribution in [0.4, 0.5) is 0 Å². The van der Waals surface area contributed by atoms with Crippen LogP contribution in [-0.2, 0) is 0 Å². The van der Waals surface area contributed by atoms with Gasteiger partial charge in [0.1, 0.15) is 22.3 Å². The molecule has 0 N–H and O–H groups in total. The van der Waals surface area contributed by atoms with Gasteiger partial charge in [-0.1, -0.05) is 78.9 Å². The number of aromatic nitrogens is 1. The zero-order chi connectivity index (χ0) is 27.8. The van der Waals surface area contributed by atoms with Crippen LogP contribution in [0.25, 0.3) is 104 Å². The Balaban J connectivity index is 1.20. The summed E-state index contributed by atoms with van der Waals surface area (Å²) >= 11 is 0. The molecule has 0 aliphatic rings. The van der Waals surface area contributed by atoms with Gasteiger partial charge in [-0.25, -0.2) is 0 Å². The molecule has 3 nitrogen and oxygen atoms in total. The Morgan fingerprint density at radius 2 is 1.05 bits per heavy atom. The summed E-state index contributed by atoms with van der Waals surface area (Å²) in [5, 5.41) is 12.1. The summed E-state index contributed by atoms with van der Waals surface area (Å²) < 4.78 is 15.1. The van der Waals surface area contributed by atoms with E-state index in [4.69, 9.17) is 8.83 Å². The fraction of sp³-hybridized carbons (Fsp3) is 0. The van der Waals surface area contributed by atoms with E-state index >= 15 is 0 Å². The molecule has 0 aliphatic heterocycles. The molecule has 4 heterocycles. The van der Waals surface area contributed by atoms with Crippen LogP contribution in [0.2, 0.25) is 0 Å². The normalized spacial score (nSPS) is 12.7. The Kier molecular flexibility index (Phi) is 3.83. The molecule has 11 aromatic rings. The second-order valence-corrected chi connectivity index (χ2v) is 11.7. The van der Waals surface area contributed by atoms with Crippen LogP contribution in [0.15, 0.2) is 136 Å². The molecule has 0 radical (unpaired) electrons. The molecule has 3 heteroatoms. The lowest BCUT2D eigenvalue weighted by Crippen LogP contribution is -1.83. The molecular formula is C40H21NO2. The standard InChI is InChI=1S/C40H21NO2/c1-4-14-37-26(7-1)30-12-5-9-25(40(30)43-37)22-15-16-34-31(17-22)28-10-6-11-29-32-18-23-19-33-27-8-2-3-13-36(27)42-38(33)21-24(23)20-35(32)41(34)39(28)29/h1-21H. The van der Waals surface area contributed by atoms with E-state index in [-0.39, 0.29) is 0 Å². The molecule has 11 rings (SSSR count). The predicted molar refractivity (Wildman–Crippen MR) is 179 cm³/mol. The van der Waals surface area contributed by atoms with Crippen molar-refractivity contribution in [2.45, 2.75) is 0 Å². The van der Waals surface area contributed by atoms with Crippen molar-refractivity contribution >= 4 is 92.7 Å². The number of furan rings is 2. The summed E-state index contributed by atoms with van der Waals surface area (Å²) in [7, 11) is 0. The maximum atomic E-state index is 6.40. The van der Waals surface area contributed by atoms with Crippen molar-refractivity contribution in [2.24, 2.45) is 0 Å². The van der Waals surface area contributed by atoms with Crippen LogP contribution < -0.4 is 0 Å². The first-order valence-corrected chi connectivity index (χ1v) is 14.7. The van der Waals surface area contributed by atoms with Gasteiger partial charge in [-0.05, 0) is 64.9 Å². The molecule has 0 unspecified atom stereocenters. The molecule has 0 saturated heterocycles. The van der Waals surface area contributed by atoms with Gasteiger partial charge in [-0.3, -0.25) is 0 Å². The lowest BCUT2D eigenvalue weighted by atomic mass is 9.99. The molecular weight excluding hydrogens is 526 g/mol. The minimum Gasteiger partial charge on any atom is -0.456 e. The second-order valence-electron chi connectivity index (χ2n) is 11.7. The minimum absolute atomic E-state index is 0.922. The zero-order valence-corrected chi connectivity index (χ0v) is 22.9. The van der Waals surface area contributed by atoms with Crippen LogP contribution >= 0.6 is 0 Å². The van der Waals surface area contributed by atoms with E-state index in [9.17, 15) is 0 Å². The van der Waals surface area contributed by atoms with Crippen molar-refractivity contribution in [3.8, 4) is 11.1 Å². The monoisotopic (exact) mass is 547 g/mol. The number of benzene rings is 7. The van der Waals surface area contributed by atoms with E-state index in [1.54, 1.807) is 0 Å². The molecule has 43 heavy (non-hydrogen) atoms. The molecule has 0 atom stereocenters. The third kappa shape index (κ3) is 2.70. The average Bonchev–Trinajstić information content (AvgIpc) is 3.79. The lowest BCUT2D eigenvalue weighted by Gasteiger charge is -2.05. The largest absolute Gasteiger partial charge is 0.456 e. The van der Waals surface area contributed by atoms with Crippen molar-refractivity contribution in [3.05, 3.63) is 127 Å². The molecule has 7 aromatic carbocycles. The molecule has 0 fully saturated rings. The molecule has 0 spiro atoms. The number of hydrogen-bond acceptors (Lipinski definition) is 2. The van der Waals surface area contributed by atoms with Gasteiger partial charge in [0, 0.05) is 48.7 Å². The quantitative estimate of drug-likeness (QED) is 0.205. The Hall–Kier alpha value is -5.80. The summed E-state index contributed by atoms with van der Waals surface area (Å²) in [6.07, 6.45) is 0. The smallest absolute Gasteiger partial charge is 0.143 e. The van der Waals surface area contributed by atoms with Gasteiger partial charge >= 0.3 is 0 Å². The Bertz CT molecular complexity index is 2950. The van der Waals surface area contributed by atoms with Crippen LogP contribution in [-0.4, -0.2) is 4.40 Å². The van der Waals surface area contributed by atoms with E-state index in [0.717, 1.165) is 55.0 Å². The van der Waals surface area contributed by atoms with Crippen molar-refractivity contribution in [1.82, 2.24) is 4.40 Å². The highest BCUT2D eigenvalue weighted by atomic mass is 16.3. The first-order chi connectivity index (χ1) is 21.3. The highest BCUT2D eigenvalue weighted by molar-refractivity contribution is 6.25. The minimum atomic E-state index is 0.922. The summed E-state index contributed by atoms with van der Waals surface area (Å²) in [6, 6.07) is 45.8. The summed E-state index contributed by atoms with van der Waals surface area (Å²) in [5.74, 6) is 0. The third-order valence-corrected chi connectivity index (χ3v) is 9.48. The van der Waals surface area contributed by atoms with Crippen LogP contribution in [0.3, 0.4) is 0 Å². The highest BCUT2D eigenvalue weighted by Gasteiger charge is 2.20. The number of rotatable bonds is 1. The summed E-state index contributed by atoms with van der Waals surface area (Å²) in [5.41, 5.74) is 9.70. The van der Waals surface area contributed by atoms with Gasteiger partial charge in [0.15, 0.2) is 0 Å². The highest BCUT2D eigenvalue weighted by Crippen LogP contribution is 2.43. The van der Waals surface area contributed by atoms with Gasteiger partial charge in [0.25, 0.3) is 0 Å². The first-order valence-electron chi connectivity index (χ1n) is 14.7. The van der Waals surface area contributed by atoms with E-state index in [0.29, 0.717) is 0 Å². The average molecular weight is 548 g/mol. The number of nitrogens with zero attached hydrogens (tertiary/aromatic N) is 1. The van der Waals surface area contributed by atoms with Crippen molar-refractivity contribution < 1.29 is 8.83 Å². The predicted octanol–water partition coefficient (Wildman–Crippen LogP) is 11.5. The van der Waals surface area contributed by atoms with Crippen molar-refractivity contribution in [1.29, 1.82) is 0 Å². The Labute approximate surface area is 244 Å². The molecule has 0 bridgehead atoms. The van der Waals surface area contributed by atoms with Crippen LogP contribution in [0.5, 0.6) is 0 Å².